The maximum absolute atomic E-state index is 10.8. The molecule has 17 heavy (non-hydrogen) atoms. The van der Waals surface area contributed by atoms with E-state index in [9.17, 15) is 9.59 Å². The normalized spacial score (nSPS) is 9.94. The Morgan fingerprint density at radius 1 is 1.12 bits per heavy atom. The highest BCUT2D eigenvalue weighted by atomic mass is 16.5. The van der Waals surface area contributed by atoms with Gasteiger partial charge in [0.15, 0.2) is 6.29 Å². The lowest BCUT2D eigenvalue weighted by Gasteiger charge is -2.08. The van der Waals surface area contributed by atoms with Crippen molar-refractivity contribution in [2.45, 2.75) is 32.6 Å². The van der Waals surface area contributed by atoms with Gasteiger partial charge < -0.3 is 4.74 Å². The number of carbonyl (C=O) groups excluding carboxylic acids is 2. The molecule has 0 radical (unpaired) electrons. The van der Waals surface area contributed by atoms with E-state index in [1.807, 2.05) is 0 Å². The van der Waals surface area contributed by atoms with Crippen molar-refractivity contribution in [2.75, 3.05) is 6.61 Å². The molecule has 0 heterocycles. The Hall–Kier alpha value is -1.64. The maximum atomic E-state index is 10.8. The molecule has 1 aromatic rings. The van der Waals surface area contributed by atoms with Crippen LogP contribution < -0.4 is 4.74 Å². The summed E-state index contributed by atoms with van der Waals surface area (Å²) in [7, 11) is 0. The number of carbonyl (C=O) groups is 2. The van der Waals surface area contributed by atoms with Crippen LogP contribution in [0.4, 0.5) is 0 Å². The zero-order valence-electron chi connectivity index (χ0n) is 10.1. The molecule has 3 heteroatoms. The molecular weight excluding hydrogens is 216 g/mol. The molecule has 92 valence electrons. The SMILES string of the molecule is CCCCCCOc1cc(C=O)ccc1C=O. The van der Waals surface area contributed by atoms with Crippen molar-refractivity contribution in [3.05, 3.63) is 29.3 Å². The van der Waals surface area contributed by atoms with Gasteiger partial charge in [-0.25, -0.2) is 0 Å². The summed E-state index contributed by atoms with van der Waals surface area (Å²) in [5.41, 5.74) is 1.02. The monoisotopic (exact) mass is 234 g/mol. The van der Waals surface area contributed by atoms with Crippen LogP contribution in [-0.2, 0) is 0 Å². The smallest absolute Gasteiger partial charge is 0.153 e. The van der Waals surface area contributed by atoms with Gasteiger partial charge in [0.1, 0.15) is 12.0 Å². The lowest BCUT2D eigenvalue weighted by Crippen LogP contribution is -2.00. The lowest BCUT2D eigenvalue weighted by atomic mass is 10.1. The van der Waals surface area contributed by atoms with Gasteiger partial charge in [0.2, 0.25) is 0 Å². The molecule has 0 aliphatic heterocycles. The van der Waals surface area contributed by atoms with Crippen molar-refractivity contribution < 1.29 is 14.3 Å². The highest BCUT2D eigenvalue weighted by Gasteiger charge is 2.04. The minimum Gasteiger partial charge on any atom is -0.493 e. The second-order valence-electron chi connectivity index (χ2n) is 3.94. The molecule has 0 N–H and O–H groups in total. The molecular formula is C14H18O3. The van der Waals surface area contributed by atoms with Crippen LogP contribution >= 0.6 is 0 Å². The van der Waals surface area contributed by atoms with Crippen LogP contribution in [0.5, 0.6) is 5.75 Å². The zero-order valence-corrected chi connectivity index (χ0v) is 10.1. The summed E-state index contributed by atoms with van der Waals surface area (Å²) in [6.07, 6.45) is 5.96. The Kier molecular flexibility index (Phi) is 6.00. The van der Waals surface area contributed by atoms with E-state index in [1.165, 1.54) is 12.8 Å². The van der Waals surface area contributed by atoms with Crippen molar-refractivity contribution in [1.29, 1.82) is 0 Å². The molecule has 0 fully saturated rings. The van der Waals surface area contributed by atoms with Crippen LogP contribution in [0.2, 0.25) is 0 Å². The minimum atomic E-state index is 0.492. The molecule has 0 unspecified atom stereocenters. The van der Waals surface area contributed by atoms with Gasteiger partial charge in [-0.3, -0.25) is 9.59 Å². The Bertz CT molecular complexity index is 372. The number of hydrogen-bond donors (Lipinski definition) is 0. The van der Waals surface area contributed by atoms with E-state index in [1.54, 1.807) is 18.2 Å². The van der Waals surface area contributed by atoms with Gasteiger partial charge in [-0.2, -0.15) is 0 Å². The largest absolute Gasteiger partial charge is 0.493 e. The van der Waals surface area contributed by atoms with Crippen LogP contribution in [0.15, 0.2) is 18.2 Å². The number of hydrogen-bond acceptors (Lipinski definition) is 3. The predicted molar refractivity (Wildman–Crippen MR) is 66.9 cm³/mol. The average Bonchev–Trinajstić information content (AvgIpc) is 2.38. The van der Waals surface area contributed by atoms with Crippen LogP contribution in [0.1, 0.15) is 53.3 Å². The number of unbranched alkanes of at least 4 members (excludes halogenated alkanes) is 3. The molecule has 0 aliphatic rings. The Balaban J connectivity index is 2.55. The highest BCUT2D eigenvalue weighted by molar-refractivity contribution is 5.83. The molecule has 0 aliphatic carbocycles. The molecule has 0 saturated carbocycles. The van der Waals surface area contributed by atoms with Gasteiger partial charge in [-0.05, 0) is 18.6 Å². The molecule has 1 aromatic carbocycles. The quantitative estimate of drug-likeness (QED) is 0.512. The first kappa shape index (κ1) is 13.4. The third kappa shape index (κ3) is 4.39. The van der Waals surface area contributed by atoms with E-state index in [0.717, 1.165) is 25.4 Å². The first-order valence-corrected chi connectivity index (χ1v) is 5.99. The average molecular weight is 234 g/mol. The van der Waals surface area contributed by atoms with Crippen LogP contribution in [-0.4, -0.2) is 19.2 Å². The van der Waals surface area contributed by atoms with Crippen LogP contribution in [0.25, 0.3) is 0 Å². The summed E-state index contributed by atoms with van der Waals surface area (Å²) in [6.45, 7) is 2.74. The molecule has 0 bridgehead atoms. The minimum absolute atomic E-state index is 0.492. The van der Waals surface area contributed by atoms with Crippen molar-refractivity contribution in [3.8, 4) is 5.75 Å². The standard InChI is InChI=1S/C14H18O3/c1-2-3-4-5-8-17-14-9-12(10-15)6-7-13(14)11-16/h6-7,9-11H,2-5,8H2,1H3. The summed E-state index contributed by atoms with van der Waals surface area (Å²) in [5, 5.41) is 0. The summed E-state index contributed by atoms with van der Waals surface area (Å²) in [5.74, 6) is 0.501. The molecule has 1 rings (SSSR count). The molecule has 0 amide bonds. The van der Waals surface area contributed by atoms with Crippen molar-refractivity contribution in [1.82, 2.24) is 0 Å². The van der Waals surface area contributed by atoms with Crippen molar-refractivity contribution in [2.24, 2.45) is 0 Å². The first-order valence-electron chi connectivity index (χ1n) is 5.99. The van der Waals surface area contributed by atoms with Gasteiger partial charge in [0, 0.05) is 5.56 Å². The molecule has 3 nitrogen and oxygen atoms in total. The summed E-state index contributed by atoms with van der Waals surface area (Å²) in [4.78, 5) is 21.4. The second-order valence-corrected chi connectivity index (χ2v) is 3.94. The van der Waals surface area contributed by atoms with Crippen LogP contribution in [0, 0.1) is 0 Å². The van der Waals surface area contributed by atoms with Gasteiger partial charge in [-0.1, -0.05) is 32.3 Å². The van der Waals surface area contributed by atoms with Gasteiger partial charge in [-0.15, -0.1) is 0 Å². The van der Waals surface area contributed by atoms with Crippen LogP contribution in [0.3, 0.4) is 0 Å². The zero-order chi connectivity index (χ0) is 12.5. The fourth-order valence-electron chi connectivity index (χ4n) is 1.56. The third-order valence-corrected chi connectivity index (χ3v) is 2.56. The molecule has 0 spiro atoms. The Labute approximate surface area is 102 Å². The second kappa shape index (κ2) is 7.60. The van der Waals surface area contributed by atoms with Gasteiger partial charge >= 0.3 is 0 Å². The molecule has 0 saturated heterocycles. The summed E-state index contributed by atoms with van der Waals surface area (Å²) < 4.78 is 5.53. The summed E-state index contributed by atoms with van der Waals surface area (Å²) >= 11 is 0. The van der Waals surface area contributed by atoms with Crippen molar-refractivity contribution >= 4 is 12.6 Å². The Morgan fingerprint density at radius 3 is 2.59 bits per heavy atom. The predicted octanol–water partition coefficient (Wildman–Crippen LogP) is 3.27. The lowest BCUT2D eigenvalue weighted by molar-refractivity contribution is 0.110. The molecule has 0 atom stereocenters. The van der Waals surface area contributed by atoms with Gasteiger partial charge in [0.05, 0.1) is 12.2 Å². The van der Waals surface area contributed by atoms with E-state index < -0.39 is 0 Å². The highest BCUT2D eigenvalue weighted by Crippen LogP contribution is 2.18. The number of aldehydes is 2. The van der Waals surface area contributed by atoms with E-state index >= 15 is 0 Å². The summed E-state index contributed by atoms with van der Waals surface area (Å²) in [6, 6.07) is 4.83. The van der Waals surface area contributed by atoms with Crippen molar-refractivity contribution in [3.63, 3.8) is 0 Å². The number of benzene rings is 1. The van der Waals surface area contributed by atoms with E-state index in [0.29, 0.717) is 23.5 Å². The maximum Gasteiger partial charge on any atom is 0.153 e. The van der Waals surface area contributed by atoms with E-state index in [-0.39, 0.29) is 0 Å². The van der Waals surface area contributed by atoms with E-state index in [4.69, 9.17) is 4.74 Å². The third-order valence-electron chi connectivity index (χ3n) is 2.56. The molecule has 0 aromatic heterocycles. The fraction of sp³-hybridized carbons (Fsp3) is 0.429. The Morgan fingerprint density at radius 2 is 1.94 bits per heavy atom. The topological polar surface area (TPSA) is 43.4 Å². The first-order chi connectivity index (χ1) is 8.31. The number of ether oxygens (including phenoxy) is 1. The van der Waals surface area contributed by atoms with E-state index in [2.05, 4.69) is 6.92 Å². The van der Waals surface area contributed by atoms with Gasteiger partial charge in [0.25, 0.3) is 0 Å². The number of rotatable bonds is 8. The fourth-order valence-corrected chi connectivity index (χ4v) is 1.56.